The molecule has 0 bridgehead atoms. The first kappa shape index (κ1) is 13.8. The van der Waals surface area contributed by atoms with Gasteiger partial charge in [-0.05, 0) is 30.7 Å². The van der Waals surface area contributed by atoms with E-state index in [2.05, 4.69) is 21.2 Å². The molecule has 6 heteroatoms. The van der Waals surface area contributed by atoms with Gasteiger partial charge in [0.15, 0.2) is 0 Å². The summed E-state index contributed by atoms with van der Waals surface area (Å²) in [5.41, 5.74) is 1.14. The maximum Gasteiger partial charge on any atom is 0.433 e. The van der Waals surface area contributed by atoms with Crippen molar-refractivity contribution in [2.75, 3.05) is 0 Å². The molecule has 2 rings (SSSR count). The highest BCUT2D eigenvalue weighted by molar-refractivity contribution is 9.10. The van der Waals surface area contributed by atoms with E-state index in [0.29, 0.717) is 12.3 Å². The summed E-state index contributed by atoms with van der Waals surface area (Å²) < 4.78 is 6.11. The minimum atomic E-state index is -0.540. The molecule has 0 spiro atoms. The van der Waals surface area contributed by atoms with Gasteiger partial charge in [0.1, 0.15) is 10.7 Å². The van der Waals surface area contributed by atoms with Crippen molar-refractivity contribution in [3.05, 3.63) is 62.3 Å². The van der Waals surface area contributed by atoms with Crippen LogP contribution in [0.15, 0.2) is 45.3 Å². The summed E-state index contributed by atoms with van der Waals surface area (Å²) >= 11 is 3.39. The first-order valence-electron chi connectivity index (χ1n) is 5.78. The van der Waals surface area contributed by atoms with Crippen LogP contribution >= 0.6 is 15.9 Å². The van der Waals surface area contributed by atoms with E-state index in [-0.39, 0.29) is 11.9 Å². The molecule has 0 aliphatic carbocycles. The Bertz CT molecular complexity index is 566. The van der Waals surface area contributed by atoms with Gasteiger partial charge in [0.05, 0.1) is 12.6 Å². The van der Waals surface area contributed by atoms with Crippen LogP contribution in [0.4, 0.5) is 5.88 Å². The fourth-order valence-electron chi connectivity index (χ4n) is 1.68. The second-order valence-corrected chi connectivity index (χ2v) is 5.07. The molecular weight excluding hydrogens is 312 g/mol. The van der Waals surface area contributed by atoms with Crippen LogP contribution in [0.1, 0.15) is 24.3 Å². The lowest BCUT2D eigenvalue weighted by Gasteiger charge is -2.13. The highest BCUT2D eigenvalue weighted by atomic mass is 79.9. The monoisotopic (exact) mass is 324 g/mol. The molecule has 0 aliphatic rings. The average molecular weight is 325 g/mol. The second kappa shape index (κ2) is 5.99. The van der Waals surface area contributed by atoms with Crippen molar-refractivity contribution >= 4 is 21.8 Å². The van der Waals surface area contributed by atoms with Crippen molar-refractivity contribution in [3.8, 4) is 0 Å². The molecule has 19 heavy (non-hydrogen) atoms. The first-order valence-corrected chi connectivity index (χ1v) is 6.57. The topological polar surface area (TPSA) is 68.3 Å². The SMILES string of the molecule is CC(NCc1ccc([N+](=O)[O-])o1)c1ccc(Br)cc1. The zero-order chi connectivity index (χ0) is 13.8. The van der Waals surface area contributed by atoms with Gasteiger partial charge in [-0.2, -0.15) is 0 Å². The second-order valence-electron chi connectivity index (χ2n) is 4.15. The molecule has 1 heterocycles. The van der Waals surface area contributed by atoms with Crippen molar-refractivity contribution in [1.29, 1.82) is 0 Å². The van der Waals surface area contributed by atoms with Gasteiger partial charge in [0.2, 0.25) is 0 Å². The van der Waals surface area contributed by atoms with E-state index in [1.54, 1.807) is 6.07 Å². The lowest BCUT2D eigenvalue weighted by molar-refractivity contribution is -0.402. The van der Waals surface area contributed by atoms with Gasteiger partial charge < -0.3 is 9.73 Å². The van der Waals surface area contributed by atoms with Crippen LogP contribution < -0.4 is 5.32 Å². The van der Waals surface area contributed by atoms with Crippen molar-refractivity contribution < 1.29 is 9.34 Å². The summed E-state index contributed by atoms with van der Waals surface area (Å²) in [4.78, 5) is 9.95. The Labute approximate surface area is 118 Å². The molecule has 0 fully saturated rings. The smallest absolute Gasteiger partial charge is 0.404 e. The van der Waals surface area contributed by atoms with E-state index in [9.17, 15) is 10.1 Å². The largest absolute Gasteiger partial charge is 0.433 e. The van der Waals surface area contributed by atoms with E-state index < -0.39 is 4.92 Å². The third-order valence-corrected chi connectivity index (χ3v) is 3.31. The molecule has 0 amide bonds. The number of hydrogen-bond donors (Lipinski definition) is 1. The highest BCUT2D eigenvalue weighted by Gasteiger charge is 2.12. The number of halogens is 1. The van der Waals surface area contributed by atoms with E-state index in [0.717, 1.165) is 10.0 Å². The van der Waals surface area contributed by atoms with Crippen LogP contribution in [0.3, 0.4) is 0 Å². The van der Waals surface area contributed by atoms with Crippen LogP contribution in [-0.4, -0.2) is 4.92 Å². The average Bonchev–Trinajstić information content (AvgIpc) is 2.86. The van der Waals surface area contributed by atoms with Crippen LogP contribution in [0, 0.1) is 10.1 Å². The van der Waals surface area contributed by atoms with Crippen molar-refractivity contribution in [1.82, 2.24) is 5.32 Å². The van der Waals surface area contributed by atoms with Crippen LogP contribution in [0.25, 0.3) is 0 Å². The van der Waals surface area contributed by atoms with E-state index in [1.807, 2.05) is 31.2 Å². The fraction of sp³-hybridized carbons (Fsp3) is 0.231. The molecule has 100 valence electrons. The van der Waals surface area contributed by atoms with E-state index in [1.165, 1.54) is 6.07 Å². The molecular formula is C13H13BrN2O3. The maximum atomic E-state index is 10.5. The number of hydrogen-bond acceptors (Lipinski definition) is 4. The van der Waals surface area contributed by atoms with Gasteiger partial charge in [0.25, 0.3) is 0 Å². The Morgan fingerprint density at radius 2 is 2.00 bits per heavy atom. The molecule has 1 unspecified atom stereocenters. The summed E-state index contributed by atoms with van der Waals surface area (Å²) in [6.07, 6.45) is 0. The minimum Gasteiger partial charge on any atom is -0.404 e. The zero-order valence-corrected chi connectivity index (χ0v) is 11.9. The molecule has 5 nitrogen and oxygen atoms in total. The van der Waals surface area contributed by atoms with E-state index >= 15 is 0 Å². The predicted octanol–water partition coefficient (Wildman–Crippen LogP) is 3.80. The molecule has 0 radical (unpaired) electrons. The Kier molecular flexibility index (Phi) is 4.34. The summed E-state index contributed by atoms with van der Waals surface area (Å²) in [6, 6.07) is 11.1. The van der Waals surface area contributed by atoms with Crippen molar-refractivity contribution in [2.24, 2.45) is 0 Å². The van der Waals surface area contributed by atoms with Crippen molar-refractivity contribution in [2.45, 2.75) is 19.5 Å². The lowest BCUT2D eigenvalue weighted by Crippen LogP contribution is -2.17. The maximum absolute atomic E-state index is 10.5. The Morgan fingerprint density at radius 1 is 1.32 bits per heavy atom. The summed E-state index contributed by atoms with van der Waals surface area (Å²) in [7, 11) is 0. The number of furan rings is 1. The number of rotatable bonds is 5. The van der Waals surface area contributed by atoms with Crippen molar-refractivity contribution in [3.63, 3.8) is 0 Å². The van der Waals surface area contributed by atoms with Crippen LogP contribution in [-0.2, 0) is 6.54 Å². The van der Waals surface area contributed by atoms with Gasteiger partial charge in [-0.15, -0.1) is 0 Å². The molecule has 1 N–H and O–H groups in total. The zero-order valence-electron chi connectivity index (χ0n) is 10.3. The molecule has 0 saturated heterocycles. The van der Waals surface area contributed by atoms with Gasteiger partial charge >= 0.3 is 5.88 Å². The number of nitrogens with zero attached hydrogens (tertiary/aromatic N) is 1. The molecule has 0 aliphatic heterocycles. The summed E-state index contributed by atoms with van der Waals surface area (Å²) in [5.74, 6) is 0.323. The number of nitrogens with one attached hydrogen (secondary N) is 1. The van der Waals surface area contributed by atoms with Crippen LogP contribution in [0.5, 0.6) is 0 Å². The third kappa shape index (κ3) is 3.65. The standard InChI is InChI=1S/C13H13BrN2O3/c1-9(10-2-4-11(14)5-3-10)15-8-12-6-7-13(19-12)16(17)18/h2-7,9,15H,8H2,1H3. The molecule has 1 aromatic heterocycles. The Morgan fingerprint density at radius 3 is 2.58 bits per heavy atom. The number of nitro groups is 1. The highest BCUT2D eigenvalue weighted by Crippen LogP contribution is 2.19. The Balaban J connectivity index is 1.94. The van der Waals surface area contributed by atoms with Crippen LogP contribution in [0.2, 0.25) is 0 Å². The van der Waals surface area contributed by atoms with Gasteiger partial charge in [0, 0.05) is 10.5 Å². The summed E-state index contributed by atoms with van der Waals surface area (Å²) in [5, 5.41) is 13.7. The van der Waals surface area contributed by atoms with Gasteiger partial charge in [-0.3, -0.25) is 10.1 Å². The fourth-order valence-corrected chi connectivity index (χ4v) is 1.95. The molecule has 0 saturated carbocycles. The molecule has 1 atom stereocenters. The quantitative estimate of drug-likeness (QED) is 0.670. The lowest BCUT2D eigenvalue weighted by atomic mass is 10.1. The van der Waals surface area contributed by atoms with Gasteiger partial charge in [-0.25, -0.2) is 0 Å². The van der Waals surface area contributed by atoms with Gasteiger partial charge in [-0.1, -0.05) is 28.1 Å². The third-order valence-electron chi connectivity index (χ3n) is 2.78. The minimum absolute atomic E-state index is 0.136. The molecule has 1 aromatic carbocycles. The first-order chi connectivity index (χ1) is 9.06. The number of benzene rings is 1. The normalized spacial score (nSPS) is 12.3. The summed E-state index contributed by atoms with van der Waals surface area (Å²) in [6.45, 7) is 2.48. The Hall–Kier alpha value is -1.66. The molecule has 2 aromatic rings. The predicted molar refractivity (Wildman–Crippen MR) is 74.8 cm³/mol. The van der Waals surface area contributed by atoms with E-state index in [4.69, 9.17) is 4.42 Å².